The predicted molar refractivity (Wildman–Crippen MR) is 155 cm³/mol. The van der Waals surface area contributed by atoms with Crippen LogP contribution in [0, 0.1) is 0 Å². The summed E-state index contributed by atoms with van der Waals surface area (Å²) < 4.78 is 1.81. The quantitative estimate of drug-likeness (QED) is 0.256. The van der Waals surface area contributed by atoms with Crippen molar-refractivity contribution in [2.24, 2.45) is 12.0 Å². The highest BCUT2D eigenvalue weighted by atomic mass is 16.1. The molecule has 0 bridgehead atoms. The first-order valence-electron chi connectivity index (χ1n) is 12.2. The number of Topliss-reactive ketones (excluding diaryl/α,β-unsaturated/α-hetero) is 2. The van der Waals surface area contributed by atoms with Crippen molar-refractivity contribution in [1.82, 2.24) is 34.4 Å². The summed E-state index contributed by atoms with van der Waals surface area (Å²) in [6.07, 6.45) is 18.1. The molecule has 4 aromatic heterocycles. The van der Waals surface area contributed by atoms with E-state index < -0.39 is 0 Å². The molecule has 1 aliphatic heterocycles. The minimum Gasteiger partial charge on any atom is -0.348 e. The summed E-state index contributed by atoms with van der Waals surface area (Å²) in [5.41, 5.74) is 1.89. The first-order chi connectivity index (χ1) is 20.3. The van der Waals surface area contributed by atoms with Gasteiger partial charge in [-0.1, -0.05) is 0 Å². The molecular formula is C29H30N8O5. The van der Waals surface area contributed by atoms with Crippen LogP contribution in [0.25, 0.3) is 0 Å². The largest absolute Gasteiger partial charge is 0.348 e. The van der Waals surface area contributed by atoms with Gasteiger partial charge in [0.15, 0.2) is 30.0 Å². The van der Waals surface area contributed by atoms with E-state index in [1.54, 1.807) is 62.1 Å². The van der Waals surface area contributed by atoms with Crippen LogP contribution >= 0.6 is 0 Å². The highest BCUT2D eigenvalue weighted by Gasteiger charge is 1.99. The highest BCUT2D eigenvalue weighted by molar-refractivity contribution is 5.93. The summed E-state index contributed by atoms with van der Waals surface area (Å²) in [6, 6.07) is 10.3. The number of nitrogens with zero attached hydrogens (tertiary/aromatic N) is 8. The summed E-state index contributed by atoms with van der Waals surface area (Å²) in [4.78, 5) is 74.6. The van der Waals surface area contributed by atoms with E-state index in [1.807, 2.05) is 29.9 Å². The van der Waals surface area contributed by atoms with Gasteiger partial charge in [-0.15, -0.1) is 0 Å². The third kappa shape index (κ3) is 14.9. The topological polar surface area (TPSA) is 170 Å². The average Bonchev–Trinajstić information content (AvgIpc) is 3.50. The minimum atomic E-state index is 0.0809. The summed E-state index contributed by atoms with van der Waals surface area (Å²) in [5.74, 6) is 0.424. The van der Waals surface area contributed by atoms with Crippen LogP contribution in [0.2, 0.25) is 0 Å². The number of carbonyl (C=O) groups is 5. The Hall–Kier alpha value is -5.85. The molecule has 1 aliphatic rings. The Labute approximate surface area is 242 Å². The van der Waals surface area contributed by atoms with E-state index in [0.717, 1.165) is 12.1 Å². The molecule has 0 radical (unpaired) electrons. The van der Waals surface area contributed by atoms with Gasteiger partial charge in [0.1, 0.15) is 18.7 Å². The number of carbonyl (C=O) groups excluding carboxylic acids is 5. The van der Waals surface area contributed by atoms with E-state index >= 15 is 0 Å². The van der Waals surface area contributed by atoms with Gasteiger partial charge in [-0.3, -0.25) is 33.9 Å². The molecule has 0 unspecified atom stereocenters. The second-order valence-corrected chi connectivity index (χ2v) is 7.76. The molecule has 0 fully saturated rings. The van der Waals surface area contributed by atoms with Gasteiger partial charge in [-0.05, 0) is 49.4 Å². The molecule has 13 heteroatoms. The number of aldehydes is 2. The van der Waals surface area contributed by atoms with Gasteiger partial charge in [-0.2, -0.15) is 0 Å². The minimum absolute atomic E-state index is 0.0809. The van der Waals surface area contributed by atoms with Crippen molar-refractivity contribution in [1.29, 1.82) is 0 Å². The number of aryl methyl sites for hydroxylation is 1. The van der Waals surface area contributed by atoms with Crippen LogP contribution in [0.3, 0.4) is 0 Å². The van der Waals surface area contributed by atoms with Gasteiger partial charge < -0.3 is 9.47 Å². The fourth-order valence-corrected chi connectivity index (χ4v) is 2.62. The van der Waals surface area contributed by atoms with E-state index in [4.69, 9.17) is 0 Å². The fourth-order valence-electron chi connectivity index (χ4n) is 2.62. The van der Waals surface area contributed by atoms with E-state index in [9.17, 15) is 24.0 Å². The number of rotatable bonds is 5. The lowest BCUT2D eigenvalue weighted by Gasteiger charge is -2.09. The smallest absolute Gasteiger partial charge is 0.215 e. The molecule has 0 spiro atoms. The maximum Gasteiger partial charge on any atom is 0.215 e. The van der Waals surface area contributed by atoms with Crippen LogP contribution in [-0.2, 0) is 11.8 Å². The first-order valence-corrected chi connectivity index (χ1v) is 12.2. The van der Waals surface area contributed by atoms with Crippen LogP contribution < -0.4 is 0 Å². The van der Waals surface area contributed by atoms with Crippen molar-refractivity contribution in [2.45, 2.75) is 13.8 Å². The average molecular weight is 571 g/mol. The Bertz CT molecular complexity index is 1380. The third-order valence-corrected chi connectivity index (χ3v) is 4.66. The molecule has 5 heterocycles. The summed E-state index contributed by atoms with van der Waals surface area (Å²) in [7, 11) is 1.86. The molecule has 0 aromatic carbocycles. The lowest BCUT2D eigenvalue weighted by molar-refractivity contribution is -0.115. The maximum atomic E-state index is 10.7. The van der Waals surface area contributed by atoms with E-state index in [0.29, 0.717) is 30.5 Å². The van der Waals surface area contributed by atoms with Crippen LogP contribution in [0.5, 0.6) is 0 Å². The molecule has 0 aliphatic carbocycles. The van der Waals surface area contributed by atoms with Crippen molar-refractivity contribution in [3.05, 3.63) is 115 Å². The molecule has 13 nitrogen and oxygen atoms in total. The molecule has 216 valence electrons. The molecular weight excluding hydrogens is 540 g/mol. The first kappa shape index (κ1) is 34.2. The second kappa shape index (κ2) is 21.0. The molecule has 0 atom stereocenters. The van der Waals surface area contributed by atoms with Crippen molar-refractivity contribution < 1.29 is 24.0 Å². The van der Waals surface area contributed by atoms with Crippen LogP contribution in [0.1, 0.15) is 55.8 Å². The van der Waals surface area contributed by atoms with Crippen molar-refractivity contribution >= 4 is 36.8 Å². The monoisotopic (exact) mass is 570 g/mol. The standard InChI is InChI=1S/C7H9NO.C7H7NO.C5H4N2O.C5H6N2O.C5H4N2O/c1-6(9)7-4-3-5-8(7)2;1-6(9)7-2-4-8-5-3-7;8-3-5-1-2-6-4-7-5;8-5-7-3-1-2-6-4-7;8-4-5-6-2-1-3-7-5/h3-5H,1-2H3;2-5H,1H3;1-4H;1-3,5H,4H2;1-4H. The van der Waals surface area contributed by atoms with Gasteiger partial charge in [0, 0.05) is 69.1 Å². The third-order valence-electron chi connectivity index (χ3n) is 4.66. The molecule has 42 heavy (non-hydrogen) atoms. The Morgan fingerprint density at radius 3 is 1.83 bits per heavy atom. The van der Waals surface area contributed by atoms with Crippen molar-refractivity contribution in [2.75, 3.05) is 6.67 Å². The number of amides is 1. The summed E-state index contributed by atoms with van der Waals surface area (Å²) >= 11 is 0. The molecule has 0 saturated carbocycles. The number of hydrogen-bond donors (Lipinski definition) is 0. The molecule has 5 rings (SSSR count). The number of aromatic nitrogens is 6. The Kier molecular flexibility index (Phi) is 17.1. The van der Waals surface area contributed by atoms with Crippen LogP contribution in [-0.4, -0.2) is 77.8 Å². The zero-order valence-corrected chi connectivity index (χ0v) is 23.3. The summed E-state index contributed by atoms with van der Waals surface area (Å²) in [6.45, 7) is 3.56. The van der Waals surface area contributed by atoms with Gasteiger partial charge in [0.05, 0.1) is 5.69 Å². The maximum absolute atomic E-state index is 10.7. The van der Waals surface area contributed by atoms with E-state index in [1.165, 1.54) is 36.7 Å². The van der Waals surface area contributed by atoms with E-state index in [-0.39, 0.29) is 17.4 Å². The normalized spacial score (nSPS) is 10.4. The van der Waals surface area contributed by atoms with Gasteiger partial charge in [0.2, 0.25) is 6.41 Å². The predicted octanol–water partition coefficient (Wildman–Crippen LogP) is 3.09. The molecule has 0 N–H and O–H groups in total. The Balaban J connectivity index is 0.000000263. The Morgan fingerprint density at radius 1 is 0.810 bits per heavy atom. The number of allylic oxidation sites excluding steroid dienone is 1. The molecule has 4 aromatic rings. The van der Waals surface area contributed by atoms with Gasteiger partial charge in [-0.25, -0.2) is 19.9 Å². The lowest BCUT2D eigenvalue weighted by Crippen LogP contribution is -2.16. The Morgan fingerprint density at radius 2 is 1.50 bits per heavy atom. The number of hydrogen-bond acceptors (Lipinski definition) is 11. The summed E-state index contributed by atoms with van der Waals surface area (Å²) in [5, 5.41) is 0. The highest BCUT2D eigenvalue weighted by Crippen LogP contribution is 1.99. The number of ketones is 2. The molecule has 1 amide bonds. The van der Waals surface area contributed by atoms with E-state index in [2.05, 4.69) is 29.9 Å². The number of pyridine rings is 1. The van der Waals surface area contributed by atoms with Crippen molar-refractivity contribution in [3.8, 4) is 0 Å². The van der Waals surface area contributed by atoms with Gasteiger partial charge in [0.25, 0.3) is 0 Å². The van der Waals surface area contributed by atoms with Crippen LogP contribution in [0.4, 0.5) is 0 Å². The van der Waals surface area contributed by atoms with Crippen molar-refractivity contribution in [3.63, 3.8) is 0 Å². The lowest BCUT2D eigenvalue weighted by atomic mass is 10.2. The number of aliphatic imine (C=N–C) groups is 1. The SMILES string of the molecule is CC(=O)c1cccn1C.CC(=O)c1ccncc1.O=CN1C=CC=NC1.O=Cc1ccncn1.O=Cc1ncccn1. The fraction of sp³-hybridized carbons (Fsp3) is 0.138. The zero-order chi connectivity index (χ0) is 31.0. The van der Waals surface area contributed by atoms with Gasteiger partial charge >= 0.3 is 0 Å². The van der Waals surface area contributed by atoms with Crippen LogP contribution in [0.15, 0.2) is 97.2 Å². The zero-order valence-electron chi connectivity index (χ0n) is 23.3. The second-order valence-electron chi connectivity index (χ2n) is 7.76. The molecule has 0 saturated heterocycles.